The van der Waals surface area contributed by atoms with Crippen LogP contribution in [0.2, 0.25) is 0 Å². The van der Waals surface area contributed by atoms with Crippen LogP contribution < -0.4 is 0 Å². The van der Waals surface area contributed by atoms with Gasteiger partial charge < -0.3 is 9.63 Å². The highest BCUT2D eigenvalue weighted by molar-refractivity contribution is 4.85. The maximum atomic E-state index is 10.2. The molecule has 2 aromatic rings. The Hall–Kier alpha value is -1.77. The minimum absolute atomic E-state index is 0.402. The molecule has 0 spiro atoms. The van der Waals surface area contributed by atoms with Crippen molar-refractivity contribution in [1.29, 1.82) is 0 Å². The normalized spacial score (nSPS) is 18.9. The highest BCUT2D eigenvalue weighted by Crippen LogP contribution is 2.08. The summed E-state index contributed by atoms with van der Waals surface area (Å²) in [4.78, 5) is 8.91. The van der Waals surface area contributed by atoms with Gasteiger partial charge in [-0.1, -0.05) is 5.16 Å². The predicted molar refractivity (Wildman–Crippen MR) is 83.6 cm³/mol. The van der Waals surface area contributed by atoms with Crippen LogP contribution in [-0.4, -0.2) is 73.7 Å². The zero-order valence-corrected chi connectivity index (χ0v) is 13.5. The monoisotopic (exact) mass is 320 g/mol. The molecule has 0 aromatic carbocycles. The van der Waals surface area contributed by atoms with E-state index in [1.165, 1.54) is 0 Å². The van der Waals surface area contributed by atoms with Crippen molar-refractivity contribution in [3.63, 3.8) is 0 Å². The van der Waals surface area contributed by atoms with E-state index >= 15 is 0 Å². The summed E-state index contributed by atoms with van der Waals surface area (Å²) in [5.74, 6) is 1.35. The molecule has 1 aliphatic rings. The average molecular weight is 320 g/mol. The van der Waals surface area contributed by atoms with Crippen LogP contribution in [0, 0.1) is 6.92 Å². The molecule has 0 aliphatic carbocycles. The molecule has 2 aromatic heterocycles. The molecule has 1 N–H and O–H groups in total. The lowest BCUT2D eigenvalue weighted by Crippen LogP contribution is -2.37. The van der Waals surface area contributed by atoms with Crippen LogP contribution in [0.15, 0.2) is 23.0 Å². The standard InChI is InChI=1S/C15H24N6O2/c1-13-17-15(18-23-13)12-20-6-3-5-19(8-9-20)10-14(22)11-21-7-2-4-16-21/h2,4,7,14,22H,3,5-6,8-12H2,1H3/t14-/m0/s1. The first-order valence-electron chi connectivity index (χ1n) is 8.08. The van der Waals surface area contributed by atoms with Gasteiger partial charge in [-0.05, 0) is 25.6 Å². The second-order valence-electron chi connectivity index (χ2n) is 6.04. The van der Waals surface area contributed by atoms with Crippen LogP contribution in [0.3, 0.4) is 0 Å². The van der Waals surface area contributed by atoms with Gasteiger partial charge in [-0.15, -0.1) is 0 Å². The third kappa shape index (κ3) is 4.85. The third-order valence-electron chi connectivity index (χ3n) is 4.04. The number of aromatic nitrogens is 4. The first kappa shape index (κ1) is 16.1. The summed E-state index contributed by atoms with van der Waals surface area (Å²) < 4.78 is 6.79. The number of rotatable bonds is 6. The summed E-state index contributed by atoms with van der Waals surface area (Å²) in [5.41, 5.74) is 0. The summed E-state index contributed by atoms with van der Waals surface area (Å²) in [6.07, 6.45) is 4.28. The van der Waals surface area contributed by atoms with Gasteiger partial charge in [0.1, 0.15) is 0 Å². The molecule has 0 radical (unpaired) electrons. The summed E-state index contributed by atoms with van der Waals surface area (Å²) in [6, 6.07) is 1.87. The largest absolute Gasteiger partial charge is 0.390 e. The molecule has 0 amide bonds. The van der Waals surface area contributed by atoms with Crippen LogP contribution in [0.1, 0.15) is 18.1 Å². The van der Waals surface area contributed by atoms with E-state index in [-0.39, 0.29) is 0 Å². The molecule has 23 heavy (non-hydrogen) atoms. The summed E-state index contributed by atoms with van der Waals surface area (Å²) in [5, 5.41) is 18.3. The van der Waals surface area contributed by atoms with E-state index in [0.29, 0.717) is 19.0 Å². The van der Waals surface area contributed by atoms with E-state index in [9.17, 15) is 5.11 Å². The van der Waals surface area contributed by atoms with Crippen molar-refractivity contribution in [1.82, 2.24) is 29.7 Å². The van der Waals surface area contributed by atoms with Crippen molar-refractivity contribution in [2.75, 3.05) is 32.7 Å². The molecule has 0 unspecified atom stereocenters. The Morgan fingerprint density at radius 1 is 1.22 bits per heavy atom. The quantitative estimate of drug-likeness (QED) is 0.810. The first-order valence-corrected chi connectivity index (χ1v) is 8.08. The van der Waals surface area contributed by atoms with E-state index < -0.39 is 6.10 Å². The topological polar surface area (TPSA) is 83.5 Å². The Bertz CT molecular complexity index is 585. The molecule has 3 rings (SSSR count). The molecule has 1 saturated heterocycles. The van der Waals surface area contributed by atoms with Crippen molar-refractivity contribution in [2.24, 2.45) is 0 Å². The summed E-state index contributed by atoms with van der Waals surface area (Å²) in [6.45, 7) is 7.64. The van der Waals surface area contributed by atoms with Crippen LogP contribution in [0.5, 0.6) is 0 Å². The average Bonchev–Trinajstić information content (AvgIpc) is 3.10. The van der Waals surface area contributed by atoms with Crippen molar-refractivity contribution in [2.45, 2.75) is 32.5 Å². The third-order valence-corrected chi connectivity index (χ3v) is 4.04. The second-order valence-corrected chi connectivity index (χ2v) is 6.04. The van der Waals surface area contributed by atoms with E-state index in [4.69, 9.17) is 4.52 Å². The second kappa shape index (κ2) is 7.67. The number of hydrogen-bond acceptors (Lipinski definition) is 7. The van der Waals surface area contributed by atoms with Gasteiger partial charge in [0.2, 0.25) is 5.89 Å². The van der Waals surface area contributed by atoms with E-state index in [1.54, 1.807) is 10.9 Å². The Balaban J connectivity index is 1.44. The van der Waals surface area contributed by atoms with E-state index in [0.717, 1.165) is 45.0 Å². The van der Waals surface area contributed by atoms with Crippen molar-refractivity contribution >= 4 is 0 Å². The van der Waals surface area contributed by atoms with E-state index in [1.807, 2.05) is 19.2 Å². The Morgan fingerprint density at radius 3 is 2.78 bits per heavy atom. The van der Waals surface area contributed by atoms with Crippen LogP contribution >= 0.6 is 0 Å². The minimum Gasteiger partial charge on any atom is -0.390 e. The number of aryl methyl sites for hydroxylation is 1. The van der Waals surface area contributed by atoms with Gasteiger partial charge >= 0.3 is 0 Å². The molecule has 1 aliphatic heterocycles. The minimum atomic E-state index is -0.402. The zero-order chi connectivity index (χ0) is 16.1. The lowest BCUT2D eigenvalue weighted by molar-refractivity contribution is 0.0961. The molecule has 1 fully saturated rings. The molecule has 3 heterocycles. The molecule has 8 heteroatoms. The molecule has 0 bridgehead atoms. The van der Waals surface area contributed by atoms with Crippen LogP contribution in [-0.2, 0) is 13.1 Å². The Morgan fingerprint density at radius 2 is 2.04 bits per heavy atom. The predicted octanol–water partition coefficient (Wildman–Crippen LogP) is 0.143. The lowest BCUT2D eigenvalue weighted by atomic mass is 10.3. The molecule has 0 saturated carbocycles. The van der Waals surface area contributed by atoms with Crippen LogP contribution in [0.4, 0.5) is 0 Å². The SMILES string of the molecule is Cc1nc(CN2CCCN(C[C@H](O)Cn3cccn3)CC2)no1. The fourth-order valence-electron chi connectivity index (χ4n) is 2.95. The Labute approximate surface area is 135 Å². The first-order chi connectivity index (χ1) is 11.2. The number of hydrogen-bond donors (Lipinski definition) is 1. The zero-order valence-electron chi connectivity index (χ0n) is 13.5. The van der Waals surface area contributed by atoms with Gasteiger partial charge in [-0.3, -0.25) is 14.5 Å². The maximum absolute atomic E-state index is 10.2. The molecular formula is C15H24N6O2. The number of aliphatic hydroxyl groups excluding tert-OH is 1. The number of aliphatic hydroxyl groups is 1. The number of nitrogens with zero attached hydrogens (tertiary/aromatic N) is 6. The highest BCUT2D eigenvalue weighted by atomic mass is 16.5. The van der Waals surface area contributed by atoms with Gasteiger partial charge in [-0.25, -0.2) is 0 Å². The van der Waals surface area contributed by atoms with Gasteiger partial charge in [0, 0.05) is 39.0 Å². The van der Waals surface area contributed by atoms with Crippen molar-refractivity contribution in [3.05, 3.63) is 30.2 Å². The molecule has 126 valence electrons. The van der Waals surface area contributed by atoms with Gasteiger partial charge in [0.05, 0.1) is 19.2 Å². The molecule has 1 atom stereocenters. The summed E-state index contributed by atoms with van der Waals surface area (Å²) in [7, 11) is 0. The van der Waals surface area contributed by atoms with Gasteiger partial charge in [-0.2, -0.15) is 10.1 Å². The van der Waals surface area contributed by atoms with E-state index in [2.05, 4.69) is 25.0 Å². The molecule has 8 nitrogen and oxygen atoms in total. The summed E-state index contributed by atoms with van der Waals surface area (Å²) >= 11 is 0. The smallest absolute Gasteiger partial charge is 0.223 e. The molecular weight excluding hydrogens is 296 g/mol. The highest BCUT2D eigenvalue weighted by Gasteiger charge is 2.19. The van der Waals surface area contributed by atoms with Gasteiger partial charge in [0.25, 0.3) is 0 Å². The Kier molecular flexibility index (Phi) is 5.37. The maximum Gasteiger partial charge on any atom is 0.223 e. The van der Waals surface area contributed by atoms with Crippen LogP contribution in [0.25, 0.3) is 0 Å². The fraction of sp³-hybridized carbons (Fsp3) is 0.667. The number of β-amino-alcohol motifs (C(OH)–C–C–N with tert-alkyl or cyclic N) is 1. The van der Waals surface area contributed by atoms with Crippen molar-refractivity contribution < 1.29 is 9.63 Å². The van der Waals surface area contributed by atoms with Crippen molar-refractivity contribution in [3.8, 4) is 0 Å². The lowest BCUT2D eigenvalue weighted by Gasteiger charge is -2.23. The van der Waals surface area contributed by atoms with Gasteiger partial charge in [0.15, 0.2) is 5.82 Å². The fourth-order valence-corrected chi connectivity index (χ4v) is 2.95.